The zero-order valence-corrected chi connectivity index (χ0v) is 40.6. The summed E-state index contributed by atoms with van der Waals surface area (Å²) in [7, 11) is 0. The molecule has 0 aromatic heterocycles. The Labute approximate surface area is 384 Å². The summed E-state index contributed by atoms with van der Waals surface area (Å²) < 4.78 is 10.7. The first-order chi connectivity index (χ1) is 30.6. The second-order valence-corrected chi connectivity index (χ2v) is 17.2. The van der Waals surface area contributed by atoms with Gasteiger partial charge in [0.15, 0.2) is 6.10 Å². The van der Waals surface area contributed by atoms with Gasteiger partial charge in [-0.3, -0.25) is 9.59 Å². The molecule has 0 spiro atoms. The zero-order chi connectivity index (χ0) is 44.9. The van der Waals surface area contributed by atoms with E-state index in [1.165, 1.54) is 135 Å². The van der Waals surface area contributed by atoms with E-state index in [9.17, 15) is 14.7 Å². The molecule has 0 aromatic rings. The maximum absolute atomic E-state index is 12.3. The Morgan fingerprint density at radius 2 is 0.694 bits per heavy atom. The lowest BCUT2D eigenvalue weighted by Crippen LogP contribution is -2.28. The van der Waals surface area contributed by atoms with Gasteiger partial charge in [-0.2, -0.15) is 0 Å². The fraction of sp³-hybridized carbons (Fsp3) is 0.719. The number of carbonyl (C=O) groups excluding carboxylic acids is 2. The Hall–Kier alpha value is -2.92. The van der Waals surface area contributed by atoms with Gasteiger partial charge in [-0.15, -0.1) is 0 Å². The van der Waals surface area contributed by atoms with Gasteiger partial charge in [0.1, 0.15) is 6.61 Å². The molecule has 5 nitrogen and oxygen atoms in total. The normalized spacial score (nSPS) is 12.9. The number of aliphatic hydroxyl groups is 1. The number of ether oxygens (including phenoxy) is 2. The van der Waals surface area contributed by atoms with Crippen LogP contribution in [0.2, 0.25) is 0 Å². The SMILES string of the molecule is CC/C=C\C/C=C\C/C=C\C/C=C\C/C=C\CCCCCCCCCCCCCCCCCC(=O)OC(CO)COC(=O)CCCCCCCCC/C=C\C/C=C\CCCCC. The molecule has 0 rings (SSSR count). The highest BCUT2D eigenvalue weighted by atomic mass is 16.6. The molecule has 1 unspecified atom stereocenters. The van der Waals surface area contributed by atoms with Gasteiger partial charge in [0.25, 0.3) is 0 Å². The van der Waals surface area contributed by atoms with Crippen LogP contribution in [0.15, 0.2) is 85.1 Å². The van der Waals surface area contributed by atoms with Gasteiger partial charge in [0.05, 0.1) is 6.61 Å². The van der Waals surface area contributed by atoms with E-state index in [0.29, 0.717) is 12.8 Å². The third kappa shape index (κ3) is 49.7. The summed E-state index contributed by atoms with van der Waals surface area (Å²) in [6, 6.07) is 0. The highest BCUT2D eigenvalue weighted by Crippen LogP contribution is 2.15. The van der Waals surface area contributed by atoms with Crippen molar-refractivity contribution in [2.45, 2.75) is 251 Å². The van der Waals surface area contributed by atoms with Crippen molar-refractivity contribution in [2.24, 2.45) is 0 Å². The molecule has 62 heavy (non-hydrogen) atoms. The lowest BCUT2D eigenvalue weighted by Gasteiger charge is -2.15. The smallest absolute Gasteiger partial charge is 0.306 e. The van der Waals surface area contributed by atoms with E-state index in [1.807, 2.05) is 0 Å². The number of hydrogen-bond acceptors (Lipinski definition) is 5. The topological polar surface area (TPSA) is 72.8 Å². The summed E-state index contributed by atoms with van der Waals surface area (Å²) in [6.07, 6.45) is 72.5. The molecular formula is C57H98O5. The number of unbranched alkanes of at least 4 members (excludes halogenated alkanes) is 25. The third-order valence-corrected chi connectivity index (χ3v) is 11.2. The minimum absolute atomic E-state index is 0.0717. The Kier molecular flexibility index (Phi) is 50.0. The number of allylic oxidation sites excluding steroid dienone is 14. The van der Waals surface area contributed by atoms with Gasteiger partial charge in [0.2, 0.25) is 0 Å². The van der Waals surface area contributed by atoms with Crippen molar-refractivity contribution in [3.8, 4) is 0 Å². The fourth-order valence-electron chi connectivity index (χ4n) is 7.26. The summed E-state index contributed by atoms with van der Waals surface area (Å²) in [5.74, 6) is -0.597. The van der Waals surface area contributed by atoms with Crippen LogP contribution in [0.3, 0.4) is 0 Å². The van der Waals surface area contributed by atoms with Gasteiger partial charge in [0, 0.05) is 12.8 Å². The summed E-state index contributed by atoms with van der Waals surface area (Å²) in [5, 5.41) is 9.63. The number of rotatable bonds is 47. The van der Waals surface area contributed by atoms with Gasteiger partial charge >= 0.3 is 11.9 Å². The Balaban J connectivity index is 3.50. The quantitative estimate of drug-likeness (QED) is 0.0375. The van der Waals surface area contributed by atoms with Crippen LogP contribution in [0.4, 0.5) is 0 Å². The van der Waals surface area contributed by atoms with E-state index in [0.717, 1.165) is 83.5 Å². The zero-order valence-electron chi connectivity index (χ0n) is 40.6. The minimum atomic E-state index is -0.779. The molecule has 0 aliphatic carbocycles. The molecule has 0 amide bonds. The van der Waals surface area contributed by atoms with Crippen molar-refractivity contribution in [3.63, 3.8) is 0 Å². The summed E-state index contributed by atoms with van der Waals surface area (Å²) >= 11 is 0. The average Bonchev–Trinajstić information content (AvgIpc) is 3.28. The summed E-state index contributed by atoms with van der Waals surface area (Å²) in [4.78, 5) is 24.4. The van der Waals surface area contributed by atoms with E-state index in [2.05, 4.69) is 98.9 Å². The van der Waals surface area contributed by atoms with Crippen molar-refractivity contribution in [1.29, 1.82) is 0 Å². The van der Waals surface area contributed by atoms with Crippen molar-refractivity contribution < 1.29 is 24.2 Å². The largest absolute Gasteiger partial charge is 0.462 e. The van der Waals surface area contributed by atoms with Crippen molar-refractivity contribution in [1.82, 2.24) is 0 Å². The van der Waals surface area contributed by atoms with Crippen LogP contribution in [-0.2, 0) is 19.1 Å². The Morgan fingerprint density at radius 1 is 0.387 bits per heavy atom. The van der Waals surface area contributed by atoms with E-state index in [-0.39, 0.29) is 25.2 Å². The van der Waals surface area contributed by atoms with E-state index in [1.54, 1.807) is 0 Å². The first kappa shape index (κ1) is 59.1. The minimum Gasteiger partial charge on any atom is -0.462 e. The lowest BCUT2D eigenvalue weighted by atomic mass is 10.0. The number of hydrogen-bond donors (Lipinski definition) is 1. The molecule has 0 bridgehead atoms. The monoisotopic (exact) mass is 863 g/mol. The number of aliphatic hydroxyl groups excluding tert-OH is 1. The molecule has 356 valence electrons. The van der Waals surface area contributed by atoms with Crippen LogP contribution >= 0.6 is 0 Å². The van der Waals surface area contributed by atoms with Crippen LogP contribution in [0.1, 0.15) is 245 Å². The molecular weight excluding hydrogens is 765 g/mol. The van der Waals surface area contributed by atoms with Crippen molar-refractivity contribution in [2.75, 3.05) is 13.2 Å². The Morgan fingerprint density at radius 3 is 1.05 bits per heavy atom. The first-order valence-corrected chi connectivity index (χ1v) is 26.1. The molecule has 5 heteroatoms. The van der Waals surface area contributed by atoms with E-state index >= 15 is 0 Å². The van der Waals surface area contributed by atoms with Crippen molar-refractivity contribution in [3.05, 3.63) is 85.1 Å². The molecule has 0 aromatic carbocycles. The van der Waals surface area contributed by atoms with E-state index in [4.69, 9.17) is 9.47 Å². The van der Waals surface area contributed by atoms with Crippen molar-refractivity contribution >= 4 is 11.9 Å². The predicted molar refractivity (Wildman–Crippen MR) is 269 cm³/mol. The second-order valence-electron chi connectivity index (χ2n) is 17.2. The highest BCUT2D eigenvalue weighted by Gasteiger charge is 2.16. The summed E-state index contributed by atoms with van der Waals surface area (Å²) in [6.45, 7) is 4.00. The van der Waals surface area contributed by atoms with Crippen LogP contribution in [0, 0.1) is 0 Å². The molecule has 1 N–H and O–H groups in total. The Bertz CT molecular complexity index is 1160. The molecule has 0 aliphatic heterocycles. The summed E-state index contributed by atoms with van der Waals surface area (Å²) in [5.41, 5.74) is 0. The van der Waals surface area contributed by atoms with Crippen LogP contribution in [0.5, 0.6) is 0 Å². The molecule has 0 aliphatic rings. The lowest BCUT2D eigenvalue weighted by molar-refractivity contribution is -0.161. The maximum Gasteiger partial charge on any atom is 0.306 e. The number of esters is 2. The third-order valence-electron chi connectivity index (χ3n) is 11.2. The maximum atomic E-state index is 12.3. The number of carbonyl (C=O) groups is 2. The van der Waals surface area contributed by atoms with Crippen LogP contribution < -0.4 is 0 Å². The van der Waals surface area contributed by atoms with Gasteiger partial charge < -0.3 is 14.6 Å². The standard InChI is InChI=1S/C57H98O5/c1-3-5-7-9-11-13-15-17-19-21-22-23-24-25-26-27-28-29-30-31-32-33-34-36-38-40-42-44-46-48-50-52-57(60)62-55(53-58)54-61-56(59)51-49-47-45-43-41-39-37-35-20-18-16-14-12-10-8-6-4-2/h5,7,11-14,17-20,22-23,25-26,55,58H,3-4,6,8-10,15-16,21,24,27-54H2,1-2H3/b7-5-,13-11-,14-12-,19-17-,20-18-,23-22-,26-25-. The molecule has 0 heterocycles. The first-order valence-electron chi connectivity index (χ1n) is 26.1. The molecule has 1 atom stereocenters. The van der Waals surface area contributed by atoms with Gasteiger partial charge in [-0.1, -0.05) is 227 Å². The molecule has 0 radical (unpaired) electrons. The van der Waals surface area contributed by atoms with Gasteiger partial charge in [-0.25, -0.2) is 0 Å². The van der Waals surface area contributed by atoms with Crippen LogP contribution in [-0.4, -0.2) is 36.4 Å². The van der Waals surface area contributed by atoms with Gasteiger partial charge in [-0.05, 0) is 89.9 Å². The fourth-order valence-corrected chi connectivity index (χ4v) is 7.26. The molecule has 0 fully saturated rings. The predicted octanol–water partition coefficient (Wildman–Crippen LogP) is 17.4. The van der Waals surface area contributed by atoms with Crippen LogP contribution in [0.25, 0.3) is 0 Å². The van der Waals surface area contributed by atoms with E-state index < -0.39 is 6.10 Å². The average molecular weight is 863 g/mol. The molecule has 0 saturated heterocycles. The second kappa shape index (κ2) is 52.4. The molecule has 0 saturated carbocycles. The highest BCUT2D eigenvalue weighted by molar-refractivity contribution is 5.70.